The van der Waals surface area contributed by atoms with Crippen LogP contribution < -0.4 is 5.73 Å². The molecule has 2 fully saturated rings. The van der Waals surface area contributed by atoms with Crippen molar-refractivity contribution in [3.8, 4) is 0 Å². The second-order valence-electron chi connectivity index (χ2n) is 7.52. The molecule has 0 spiro atoms. The average molecular weight is 329 g/mol. The molecule has 0 bridgehead atoms. The molecular weight excluding hydrogens is 298 g/mol. The lowest BCUT2D eigenvalue weighted by atomic mass is 9.96. The Bertz CT molecular complexity index is 537. The Morgan fingerprint density at radius 1 is 1.04 bits per heavy atom. The first-order chi connectivity index (χ1) is 11.7. The van der Waals surface area contributed by atoms with Crippen LogP contribution in [0, 0.1) is 5.92 Å². The topological polar surface area (TPSA) is 49.6 Å². The number of rotatable bonds is 5. The lowest BCUT2D eigenvalue weighted by Crippen LogP contribution is -2.41. The molecular formula is C20H31N3O. The first-order valence-corrected chi connectivity index (χ1v) is 9.54. The van der Waals surface area contributed by atoms with Crippen molar-refractivity contribution in [2.24, 2.45) is 11.7 Å². The molecule has 4 heteroatoms. The number of carbonyl (C=O) groups is 1. The first-order valence-electron chi connectivity index (χ1n) is 9.54. The summed E-state index contributed by atoms with van der Waals surface area (Å²) in [4.78, 5) is 16.6. The normalized spacial score (nSPS) is 23.8. The predicted molar refractivity (Wildman–Crippen MR) is 97.9 cm³/mol. The zero-order chi connectivity index (χ0) is 16.8. The molecule has 2 aliphatic rings. The fourth-order valence-electron chi connectivity index (χ4n) is 4.21. The van der Waals surface area contributed by atoms with Crippen molar-refractivity contribution in [2.45, 2.75) is 45.1 Å². The fraction of sp³-hybridized carbons (Fsp3) is 0.650. The van der Waals surface area contributed by atoms with Crippen molar-refractivity contribution >= 4 is 5.91 Å². The summed E-state index contributed by atoms with van der Waals surface area (Å²) in [5.41, 5.74) is 7.21. The molecule has 0 saturated carbocycles. The third kappa shape index (κ3) is 5.05. The highest BCUT2D eigenvalue weighted by atomic mass is 16.1. The summed E-state index contributed by atoms with van der Waals surface area (Å²) in [5, 5.41) is 0. The van der Waals surface area contributed by atoms with E-state index in [0.717, 1.165) is 19.0 Å². The molecule has 2 heterocycles. The van der Waals surface area contributed by atoms with E-state index < -0.39 is 0 Å². The van der Waals surface area contributed by atoms with Crippen LogP contribution in [0.3, 0.4) is 0 Å². The monoisotopic (exact) mass is 329 g/mol. The largest absolute Gasteiger partial charge is 0.366 e. The molecule has 1 atom stereocenters. The van der Waals surface area contributed by atoms with Crippen LogP contribution in [-0.2, 0) is 6.54 Å². The molecule has 1 aromatic rings. The Hall–Kier alpha value is -1.39. The summed E-state index contributed by atoms with van der Waals surface area (Å²) < 4.78 is 0. The quantitative estimate of drug-likeness (QED) is 0.904. The van der Waals surface area contributed by atoms with Gasteiger partial charge in [-0.15, -0.1) is 0 Å². The van der Waals surface area contributed by atoms with Gasteiger partial charge in [0.05, 0.1) is 0 Å². The van der Waals surface area contributed by atoms with Gasteiger partial charge in [0.25, 0.3) is 0 Å². The molecule has 3 rings (SSSR count). The van der Waals surface area contributed by atoms with Crippen LogP contribution in [0.15, 0.2) is 24.3 Å². The lowest BCUT2D eigenvalue weighted by molar-refractivity contribution is 0.1000. The first kappa shape index (κ1) is 17.4. The summed E-state index contributed by atoms with van der Waals surface area (Å²) in [6.45, 7) is 7.11. The van der Waals surface area contributed by atoms with E-state index in [1.807, 2.05) is 12.1 Å². The van der Waals surface area contributed by atoms with Crippen LogP contribution in [0.4, 0.5) is 0 Å². The molecule has 4 nitrogen and oxygen atoms in total. The minimum absolute atomic E-state index is 0.338. The van der Waals surface area contributed by atoms with E-state index in [4.69, 9.17) is 5.73 Å². The van der Waals surface area contributed by atoms with Crippen molar-refractivity contribution in [3.05, 3.63) is 35.4 Å². The molecule has 2 aliphatic heterocycles. The Morgan fingerprint density at radius 2 is 1.79 bits per heavy atom. The number of piperidine rings is 1. The molecule has 0 aromatic heterocycles. The second-order valence-corrected chi connectivity index (χ2v) is 7.52. The Kier molecular flexibility index (Phi) is 6.27. The van der Waals surface area contributed by atoms with Crippen LogP contribution in [-0.4, -0.2) is 48.4 Å². The SMILES string of the molecule is NC(=O)c1cccc(CN2CCCC(CN3CCCCCC3)C2)c1. The Balaban J connectivity index is 1.53. The molecule has 2 saturated heterocycles. The number of nitrogens with two attached hydrogens (primary N) is 1. The summed E-state index contributed by atoms with van der Waals surface area (Å²) in [6.07, 6.45) is 8.20. The molecule has 2 N–H and O–H groups in total. The molecule has 1 aromatic carbocycles. The number of primary amides is 1. The van der Waals surface area contributed by atoms with Crippen LogP contribution in [0.5, 0.6) is 0 Å². The molecule has 1 amide bonds. The Morgan fingerprint density at radius 3 is 2.54 bits per heavy atom. The van der Waals surface area contributed by atoms with E-state index >= 15 is 0 Å². The highest BCUT2D eigenvalue weighted by Gasteiger charge is 2.22. The van der Waals surface area contributed by atoms with Gasteiger partial charge < -0.3 is 10.6 Å². The summed E-state index contributed by atoms with van der Waals surface area (Å²) in [6, 6.07) is 7.78. The van der Waals surface area contributed by atoms with E-state index in [2.05, 4.69) is 15.9 Å². The van der Waals surface area contributed by atoms with Gasteiger partial charge in [-0.25, -0.2) is 0 Å². The smallest absolute Gasteiger partial charge is 0.248 e. The van der Waals surface area contributed by atoms with Crippen LogP contribution in [0.2, 0.25) is 0 Å². The van der Waals surface area contributed by atoms with Gasteiger partial charge in [0.2, 0.25) is 5.91 Å². The van der Waals surface area contributed by atoms with Gasteiger partial charge in [0.1, 0.15) is 0 Å². The van der Waals surface area contributed by atoms with E-state index in [0.29, 0.717) is 5.56 Å². The van der Waals surface area contributed by atoms with Crippen LogP contribution in [0.1, 0.15) is 54.4 Å². The number of hydrogen-bond acceptors (Lipinski definition) is 3. The van der Waals surface area contributed by atoms with Crippen molar-refractivity contribution in [1.29, 1.82) is 0 Å². The van der Waals surface area contributed by atoms with Crippen molar-refractivity contribution in [1.82, 2.24) is 9.80 Å². The maximum absolute atomic E-state index is 11.3. The maximum Gasteiger partial charge on any atom is 0.248 e. The maximum atomic E-state index is 11.3. The standard InChI is InChI=1S/C20H31N3O/c21-20(24)19-9-5-7-17(13-19)14-23-12-6-8-18(16-23)15-22-10-3-1-2-4-11-22/h5,7,9,13,18H,1-4,6,8,10-12,14-16H2,(H2,21,24). The summed E-state index contributed by atoms with van der Waals surface area (Å²) >= 11 is 0. The molecule has 24 heavy (non-hydrogen) atoms. The van der Waals surface area contributed by atoms with Gasteiger partial charge >= 0.3 is 0 Å². The molecule has 0 aliphatic carbocycles. The van der Waals surface area contributed by atoms with Gasteiger partial charge in [-0.1, -0.05) is 25.0 Å². The summed E-state index contributed by atoms with van der Waals surface area (Å²) in [5.74, 6) is 0.450. The number of benzene rings is 1. The summed E-state index contributed by atoms with van der Waals surface area (Å²) in [7, 11) is 0. The lowest BCUT2D eigenvalue weighted by Gasteiger charge is -2.35. The van der Waals surface area contributed by atoms with Gasteiger partial charge in [0, 0.05) is 25.2 Å². The van der Waals surface area contributed by atoms with Gasteiger partial charge in [-0.3, -0.25) is 9.69 Å². The zero-order valence-electron chi connectivity index (χ0n) is 14.8. The van der Waals surface area contributed by atoms with E-state index in [1.54, 1.807) is 6.07 Å². The number of carbonyl (C=O) groups excluding carboxylic acids is 1. The number of nitrogens with zero attached hydrogens (tertiary/aromatic N) is 2. The van der Waals surface area contributed by atoms with Gasteiger partial charge in [-0.05, 0) is 68.9 Å². The predicted octanol–water partition coefficient (Wildman–Crippen LogP) is 2.87. The van der Waals surface area contributed by atoms with Gasteiger partial charge in [0.15, 0.2) is 0 Å². The van der Waals surface area contributed by atoms with Crippen LogP contribution >= 0.6 is 0 Å². The van der Waals surface area contributed by atoms with E-state index in [-0.39, 0.29) is 5.91 Å². The molecule has 0 radical (unpaired) electrons. The molecule has 1 unspecified atom stereocenters. The number of amides is 1. The third-order valence-corrected chi connectivity index (χ3v) is 5.44. The van der Waals surface area contributed by atoms with E-state index in [9.17, 15) is 4.79 Å². The van der Waals surface area contributed by atoms with Crippen molar-refractivity contribution < 1.29 is 4.79 Å². The Labute approximate surface area is 146 Å². The number of hydrogen-bond donors (Lipinski definition) is 1. The van der Waals surface area contributed by atoms with E-state index in [1.165, 1.54) is 70.3 Å². The highest BCUT2D eigenvalue weighted by molar-refractivity contribution is 5.92. The molecule has 132 valence electrons. The minimum Gasteiger partial charge on any atom is -0.366 e. The highest BCUT2D eigenvalue weighted by Crippen LogP contribution is 2.21. The zero-order valence-corrected chi connectivity index (χ0v) is 14.8. The van der Waals surface area contributed by atoms with Gasteiger partial charge in [-0.2, -0.15) is 0 Å². The third-order valence-electron chi connectivity index (χ3n) is 5.44. The second kappa shape index (κ2) is 8.63. The van der Waals surface area contributed by atoms with Crippen molar-refractivity contribution in [3.63, 3.8) is 0 Å². The fourth-order valence-corrected chi connectivity index (χ4v) is 4.21. The average Bonchev–Trinajstić information content (AvgIpc) is 2.84. The minimum atomic E-state index is -0.338. The van der Waals surface area contributed by atoms with Crippen molar-refractivity contribution in [2.75, 3.05) is 32.7 Å². The van der Waals surface area contributed by atoms with Crippen LogP contribution in [0.25, 0.3) is 0 Å². The number of likely N-dealkylation sites (tertiary alicyclic amines) is 2.